The Morgan fingerprint density at radius 3 is 2.64 bits per heavy atom. The minimum atomic E-state index is -0.262. The summed E-state index contributed by atoms with van der Waals surface area (Å²) in [6.45, 7) is 6.74. The van der Waals surface area contributed by atoms with Gasteiger partial charge in [-0.15, -0.1) is 0 Å². The Labute approximate surface area is 269 Å². The highest BCUT2D eigenvalue weighted by Gasteiger charge is 2.42. The Kier molecular flexibility index (Phi) is 9.68. The molecule has 10 heteroatoms. The molecule has 2 amide bonds. The Bertz CT molecular complexity index is 1520. The van der Waals surface area contributed by atoms with Crippen LogP contribution in [0.2, 0.25) is 0 Å². The molecule has 9 nitrogen and oxygen atoms in total. The highest BCUT2D eigenvalue weighted by atomic mass is 32.2. The van der Waals surface area contributed by atoms with Crippen LogP contribution in [0.4, 0.5) is 4.79 Å². The van der Waals surface area contributed by atoms with Crippen LogP contribution in [0.5, 0.6) is 5.75 Å². The molecule has 45 heavy (non-hydrogen) atoms. The van der Waals surface area contributed by atoms with Crippen LogP contribution in [0.25, 0.3) is 22.4 Å². The molecule has 1 saturated carbocycles. The van der Waals surface area contributed by atoms with Crippen molar-refractivity contribution >= 4 is 40.8 Å². The molecule has 2 saturated heterocycles. The van der Waals surface area contributed by atoms with Crippen molar-refractivity contribution in [3.8, 4) is 17.1 Å². The van der Waals surface area contributed by atoms with E-state index in [1.165, 1.54) is 6.42 Å². The average molecular weight is 633 g/mol. The van der Waals surface area contributed by atoms with Crippen molar-refractivity contribution < 1.29 is 23.9 Å². The molecule has 0 bridgehead atoms. The molecule has 3 fully saturated rings. The van der Waals surface area contributed by atoms with E-state index in [4.69, 9.17) is 14.5 Å². The van der Waals surface area contributed by atoms with E-state index in [2.05, 4.69) is 31.4 Å². The Morgan fingerprint density at radius 1 is 1.04 bits per heavy atom. The van der Waals surface area contributed by atoms with Crippen molar-refractivity contribution in [2.45, 2.75) is 95.7 Å². The molecule has 6 atom stereocenters. The second-order valence-corrected chi connectivity index (χ2v) is 14.5. The number of esters is 2. The van der Waals surface area contributed by atoms with Crippen LogP contribution in [0, 0.1) is 17.8 Å². The lowest BCUT2D eigenvalue weighted by molar-refractivity contribution is -0.156. The highest BCUT2D eigenvalue weighted by Crippen LogP contribution is 2.36. The van der Waals surface area contributed by atoms with E-state index in [0.29, 0.717) is 41.0 Å². The fourth-order valence-electron chi connectivity index (χ4n) is 7.15. The molecule has 1 aliphatic carbocycles. The third-order valence-corrected chi connectivity index (χ3v) is 11.1. The number of hydrogen-bond acceptors (Lipinski definition) is 7. The third kappa shape index (κ3) is 7.32. The molecule has 2 aliphatic heterocycles. The van der Waals surface area contributed by atoms with Crippen molar-refractivity contribution in [1.82, 2.24) is 20.2 Å². The van der Waals surface area contributed by atoms with Crippen molar-refractivity contribution in [3.63, 3.8) is 0 Å². The maximum absolute atomic E-state index is 13.4. The van der Waals surface area contributed by atoms with Crippen LogP contribution in [0.3, 0.4) is 0 Å². The molecule has 1 aromatic heterocycles. The van der Waals surface area contributed by atoms with Gasteiger partial charge in [0, 0.05) is 23.0 Å². The van der Waals surface area contributed by atoms with Gasteiger partial charge in [0.1, 0.15) is 24.2 Å². The minimum Gasteiger partial charge on any atom is -0.461 e. The van der Waals surface area contributed by atoms with Gasteiger partial charge in [-0.05, 0) is 79.8 Å². The number of nitrogens with one attached hydrogen (secondary N) is 2. The van der Waals surface area contributed by atoms with Crippen LogP contribution < -0.4 is 15.4 Å². The predicted molar refractivity (Wildman–Crippen MR) is 176 cm³/mol. The number of carbonyl (C=O) groups is 3. The summed E-state index contributed by atoms with van der Waals surface area (Å²) in [5, 5.41) is 6.37. The maximum Gasteiger partial charge on any atom is 0.326 e. The zero-order chi connectivity index (χ0) is 31.5. The number of nitrogens with zero attached hydrogens (tertiary/aromatic N) is 2. The summed E-state index contributed by atoms with van der Waals surface area (Å²) < 4.78 is 13.7. The lowest BCUT2D eigenvalue weighted by atomic mass is 9.75. The molecule has 2 N–H and O–H groups in total. The number of benzene rings is 2. The van der Waals surface area contributed by atoms with Crippen LogP contribution in [0.1, 0.15) is 65.7 Å². The molecule has 6 rings (SSSR count). The third-order valence-electron chi connectivity index (χ3n) is 9.59. The van der Waals surface area contributed by atoms with Gasteiger partial charge >= 0.3 is 18.0 Å². The van der Waals surface area contributed by atoms with Gasteiger partial charge in [-0.3, -0.25) is 9.59 Å². The number of ether oxygens (including phenoxy) is 2. The maximum atomic E-state index is 13.4. The lowest BCUT2D eigenvalue weighted by Gasteiger charge is -2.36. The summed E-state index contributed by atoms with van der Waals surface area (Å²) in [4.78, 5) is 42.4. The van der Waals surface area contributed by atoms with E-state index >= 15 is 0 Å². The van der Waals surface area contributed by atoms with Crippen LogP contribution in [-0.4, -0.2) is 56.7 Å². The molecular formula is C35H44N4O5S. The molecule has 3 heterocycles. The van der Waals surface area contributed by atoms with Gasteiger partial charge in [-0.25, -0.2) is 9.78 Å². The summed E-state index contributed by atoms with van der Waals surface area (Å²) in [5.41, 5.74) is 2.50. The largest absolute Gasteiger partial charge is 0.461 e. The molecule has 0 spiro atoms. The standard InChI is InChI=1S/C35H44N4O5S/c1-21(2)25-17-12-22(3)18-29(25)44-32(41)19-39-28-9-5-4-8-26(28)36-34(39)23-13-15-24(16-14-23)43-31(40)11-7-6-10-30-33-27(20-45-30)37-35(42)38-33/h4-5,8-9,13-16,21-22,25,27,29-30,33H,6-7,10-12,17-20H2,1-3H3,(H2,37,38,42)/t22-,25+,27+,29-,30+,33+/m1/s1. The quantitative estimate of drug-likeness (QED) is 0.110. The minimum absolute atomic E-state index is 0.0605. The number of rotatable bonds is 11. The number of fused-ring (bicyclic) bond motifs is 2. The van der Waals surface area contributed by atoms with Crippen molar-refractivity contribution in [2.75, 3.05) is 5.75 Å². The molecular weight excluding hydrogens is 588 g/mol. The van der Waals surface area contributed by atoms with Gasteiger partial charge in [0.05, 0.1) is 23.1 Å². The molecule has 3 aliphatic rings. The van der Waals surface area contributed by atoms with E-state index in [0.717, 1.165) is 54.5 Å². The Morgan fingerprint density at radius 2 is 1.84 bits per heavy atom. The first-order valence-corrected chi connectivity index (χ1v) is 17.4. The molecule has 0 unspecified atom stereocenters. The van der Waals surface area contributed by atoms with Crippen LogP contribution >= 0.6 is 11.8 Å². The van der Waals surface area contributed by atoms with E-state index in [1.54, 1.807) is 12.1 Å². The summed E-state index contributed by atoms with van der Waals surface area (Å²) in [5.74, 6) is 2.97. The first-order chi connectivity index (χ1) is 21.7. The van der Waals surface area contributed by atoms with Crippen molar-refractivity contribution in [3.05, 3.63) is 48.5 Å². The van der Waals surface area contributed by atoms with E-state index < -0.39 is 0 Å². The van der Waals surface area contributed by atoms with Crippen molar-refractivity contribution in [2.24, 2.45) is 17.8 Å². The first-order valence-electron chi connectivity index (χ1n) is 16.4. The number of amides is 2. The number of aromatic nitrogens is 2. The second kappa shape index (κ2) is 13.8. The number of imidazole rings is 1. The second-order valence-electron chi connectivity index (χ2n) is 13.2. The van der Waals surface area contributed by atoms with E-state index in [-0.39, 0.29) is 42.7 Å². The van der Waals surface area contributed by atoms with Gasteiger partial charge in [-0.2, -0.15) is 11.8 Å². The van der Waals surface area contributed by atoms with Crippen LogP contribution in [-0.2, 0) is 20.9 Å². The predicted octanol–water partition coefficient (Wildman–Crippen LogP) is 6.34. The highest BCUT2D eigenvalue weighted by molar-refractivity contribution is 8.00. The number of para-hydroxylation sites is 2. The summed E-state index contributed by atoms with van der Waals surface area (Å²) in [7, 11) is 0. The number of urea groups is 1. The van der Waals surface area contributed by atoms with Gasteiger partial charge in [0.2, 0.25) is 0 Å². The fraction of sp³-hybridized carbons (Fsp3) is 0.543. The van der Waals surface area contributed by atoms with Gasteiger partial charge in [0.15, 0.2) is 0 Å². The Hall–Kier alpha value is -3.53. The van der Waals surface area contributed by atoms with Gasteiger partial charge in [-0.1, -0.05) is 45.7 Å². The Balaban J connectivity index is 1.06. The first kappa shape index (κ1) is 31.5. The molecule has 240 valence electrons. The van der Waals surface area contributed by atoms with Gasteiger partial charge < -0.3 is 24.7 Å². The zero-order valence-electron chi connectivity index (χ0n) is 26.4. The summed E-state index contributed by atoms with van der Waals surface area (Å²) in [6.07, 6.45) is 6.06. The monoisotopic (exact) mass is 632 g/mol. The van der Waals surface area contributed by atoms with Crippen molar-refractivity contribution in [1.29, 1.82) is 0 Å². The average Bonchev–Trinajstić information content (AvgIpc) is 3.68. The smallest absolute Gasteiger partial charge is 0.326 e. The number of carbonyl (C=O) groups excluding carboxylic acids is 3. The number of hydrogen-bond donors (Lipinski definition) is 2. The number of thioether (sulfide) groups is 1. The van der Waals surface area contributed by atoms with Crippen LogP contribution in [0.15, 0.2) is 48.5 Å². The summed E-state index contributed by atoms with van der Waals surface area (Å²) >= 11 is 1.89. The lowest BCUT2D eigenvalue weighted by Crippen LogP contribution is -2.36. The number of unbranched alkanes of at least 4 members (excludes halogenated alkanes) is 1. The topological polar surface area (TPSA) is 112 Å². The molecule has 2 aromatic carbocycles. The van der Waals surface area contributed by atoms with E-state index in [1.807, 2.05) is 52.7 Å². The van der Waals surface area contributed by atoms with Gasteiger partial charge in [0.25, 0.3) is 0 Å². The SMILES string of the molecule is CC(C)[C@@H]1CC[C@@H](C)C[C@H]1OC(=O)Cn1c(-c2ccc(OC(=O)CCCC[C@@H]3SC[C@@H]4NC(=O)N[C@@H]43)cc2)nc2ccccc21. The molecule has 3 aromatic rings. The zero-order valence-corrected chi connectivity index (χ0v) is 27.2. The summed E-state index contributed by atoms with van der Waals surface area (Å²) in [6, 6.07) is 15.4. The fourth-order valence-corrected chi connectivity index (χ4v) is 8.70. The normalized spacial score (nSPS) is 26.0. The molecule has 0 radical (unpaired) electrons. The van der Waals surface area contributed by atoms with E-state index in [9.17, 15) is 14.4 Å².